The Kier molecular flexibility index (Phi) is 4.15. The van der Waals surface area contributed by atoms with Gasteiger partial charge < -0.3 is 15.8 Å². The second kappa shape index (κ2) is 5.82. The number of ether oxygens (including phenoxy) is 1. The Morgan fingerprint density at radius 2 is 2.39 bits per heavy atom. The van der Waals surface area contributed by atoms with Crippen molar-refractivity contribution < 1.29 is 13.9 Å². The number of benzene rings is 1. The fourth-order valence-corrected chi connectivity index (χ4v) is 2.04. The summed E-state index contributed by atoms with van der Waals surface area (Å²) in [4.78, 5) is 11.7. The lowest BCUT2D eigenvalue weighted by atomic mass is 10.1. The first kappa shape index (κ1) is 12.8. The van der Waals surface area contributed by atoms with E-state index in [4.69, 9.17) is 10.5 Å². The van der Waals surface area contributed by atoms with Crippen molar-refractivity contribution in [2.75, 3.05) is 17.7 Å². The van der Waals surface area contributed by atoms with Crippen molar-refractivity contribution >= 4 is 17.3 Å². The topological polar surface area (TPSA) is 64.3 Å². The van der Waals surface area contributed by atoms with Gasteiger partial charge in [-0.1, -0.05) is 6.07 Å². The first-order chi connectivity index (χ1) is 8.66. The average Bonchev–Trinajstić information content (AvgIpc) is 2.84. The summed E-state index contributed by atoms with van der Waals surface area (Å²) in [5.74, 6) is -0.747. The second-order valence-corrected chi connectivity index (χ2v) is 4.43. The summed E-state index contributed by atoms with van der Waals surface area (Å²) < 4.78 is 18.9. The molecule has 1 aliphatic rings. The van der Waals surface area contributed by atoms with Crippen molar-refractivity contribution in [1.82, 2.24) is 0 Å². The maximum absolute atomic E-state index is 13.4. The Morgan fingerprint density at radius 3 is 3.06 bits per heavy atom. The van der Waals surface area contributed by atoms with E-state index >= 15 is 0 Å². The third-order valence-electron chi connectivity index (χ3n) is 3.03. The highest BCUT2D eigenvalue weighted by Crippen LogP contribution is 2.22. The number of anilines is 2. The van der Waals surface area contributed by atoms with E-state index in [0.717, 1.165) is 19.4 Å². The Labute approximate surface area is 105 Å². The summed E-state index contributed by atoms with van der Waals surface area (Å²) in [6, 6.07) is 4.33. The van der Waals surface area contributed by atoms with E-state index in [9.17, 15) is 9.18 Å². The van der Waals surface area contributed by atoms with Gasteiger partial charge in [0.2, 0.25) is 5.91 Å². The van der Waals surface area contributed by atoms with Crippen LogP contribution in [0.15, 0.2) is 18.2 Å². The Morgan fingerprint density at radius 1 is 1.56 bits per heavy atom. The lowest BCUT2D eigenvalue weighted by Crippen LogP contribution is -2.16. The number of nitrogens with two attached hydrogens (primary N) is 1. The summed E-state index contributed by atoms with van der Waals surface area (Å²) >= 11 is 0. The van der Waals surface area contributed by atoms with Crippen LogP contribution in [0, 0.1) is 5.82 Å². The van der Waals surface area contributed by atoms with Crippen LogP contribution in [0.3, 0.4) is 0 Å². The molecule has 4 nitrogen and oxygen atoms in total. The zero-order valence-corrected chi connectivity index (χ0v) is 10.1. The Hall–Kier alpha value is -1.62. The lowest BCUT2D eigenvalue weighted by molar-refractivity contribution is -0.116. The molecule has 0 saturated carbocycles. The fraction of sp³-hybridized carbons (Fsp3) is 0.462. The molecule has 1 heterocycles. The number of nitrogens with one attached hydrogen (secondary N) is 1. The van der Waals surface area contributed by atoms with Crippen LogP contribution in [0.25, 0.3) is 0 Å². The minimum absolute atomic E-state index is 0.0647. The summed E-state index contributed by atoms with van der Waals surface area (Å²) in [5, 5.41) is 2.51. The zero-order chi connectivity index (χ0) is 13.0. The van der Waals surface area contributed by atoms with Crippen LogP contribution in [0.5, 0.6) is 0 Å². The summed E-state index contributed by atoms with van der Waals surface area (Å²) in [6.07, 6.45) is 3.19. The van der Waals surface area contributed by atoms with E-state index in [0.29, 0.717) is 12.8 Å². The van der Waals surface area contributed by atoms with E-state index < -0.39 is 5.82 Å². The van der Waals surface area contributed by atoms with Gasteiger partial charge >= 0.3 is 0 Å². The molecule has 5 heteroatoms. The Balaban J connectivity index is 1.86. The molecule has 2 rings (SSSR count). The highest BCUT2D eigenvalue weighted by atomic mass is 19.1. The molecule has 0 bridgehead atoms. The number of carbonyl (C=O) groups excluding carboxylic acids is 1. The first-order valence-electron chi connectivity index (χ1n) is 6.12. The van der Waals surface area contributed by atoms with Gasteiger partial charge in [0.05, 0.1) is 11.8 Å². The van der Waals surface area contributed by atoms with Crippen molar-refractivity contribution in [2.45, 2.75) is 31.8 Å². The third kappa shape index (κ3) is 3.20. The predicted octanol–water partition coefficient (Wildman–Crippen LogP) is 2.31. The van der Waals surface area contributed by atoms with Crippen molar-refractivity contribution in [3.05, 3.63) is 24.0 Å². The van der Waals surface area contributed by atoms with Crippen LogP contribution >= 0.6 is 0 Å². The zero-order valence-electron chi connectivity index (χ0n) is 10.1. The minimum Gasteiger partial charge on any atom is -0.397 e. The van der Waals surface area contributed by atoms with Crippen LogP contribution in [0.1, 0.15) is 25.7 Å². The van der Waals surface area contributed by atoms with Gasteiger partial charge in [-0.2, -0.15) is 0 Å². The van der Waals surface area contributed by atoms with Crippen LogP contribution < -0.4 is 11.1 Å². The van der Waals surface area contributed by atoms with Crippen LogP contribution in [-0.4, -0.2) is 18.6 Å². The molecule has 1 atom stereocenters. The van der Waals surface area contributed by atoms with Gasteiger partial charge in [-0.05, 0) is 31.4 Å². The molecule has 18 heavy (non-hydrogen) atoms. The largest absolute Gasteiger partial charge is 0.397 e. The maximum atomic E-state index is 13.4. The maximum Gasteiger partial charge on any atom is 0.224 e. The average molecular weight is 252 g/mol. The molecule has 3 N–H and O–H groups in total. The van der Waals surface area contributed by atoms with Gasteiger partial charge in [-0.15, -0.1) is 0 Å². The summed E-state index contributed by atoms with van der Waals surface area (Å²) in [6.45, 7) is 0.770. The molecule has 1 amide bonds. The molecule has 0 radical (unpaired) electrons. The summed E-state index contributed by atoms with van der Waals surface area (Å²) in [7, 11) is 0. The monoisotopic (exact) mass is 252 g/mol. The number of para-hydroxylation sites is 1. The molecule has 0 aromatic heterocycles. The highest BCUT2D eigenvalue weighted by Gasteiger charge is 2.17. The van der Waals surface area contributed by atoms with E-state index in [1.807, 2.05) is 0 Å². The summed E-state index contributed by atoms with van der Waals surface area (Å²) in [5.41, 5.74) is 5.91. The third-order valence-corrected chi connectivity index (χ3v) is 3.03. The second-order valence-electron chi connectivity index (χ2n) is 4.43. The van der Waals surface area contributed by atoms with Crippen molar-refractivity contribution in [1.29, 1.82) is 0 Å². The van der Waals surface area contributed by atoms with E-state index in [2.05, 4.69) is 5.32 Å². The van der Waals surface area contributed by atoms with Gasteiger partial charge in [0, 0.05) is 13.0 Å². The van der Waals surface area contributed by atoms with Gasteiger partial charge in [-0.3, -0.25) is 4.79 Å². The van der Waals surface area contributed by atoms with Gasteiger partial charge in [0.15, 0.2) is 0 Å². The number of amides is 1. The molecule has 1 fully saturated rings. The van der Waals surface area contributed by atoms with E-state index in [-0.39, 0.29) is 23.4 Å². The normalized spacial score (nSPS) is 18.8. The van der Waals surface area contributed by atoms with Crippen LogP contribution in [0.2, 0.25) is 0 Å². The number of rotatable bonds is 4. The fourth-order valence-electron chi connectivity index (χ4n) is 2.04. The SMILES string of the molecule is Nc1cccc(F)c1NC(=O)CCC1CCCO1. The minimum atomic E-state index is -0.513. The number of nitrogen functional groups attached to an aromatic ring is 1. The number of halogens is 1. The van der Waals surface area contributed by atoms with Crippen molar-refractivity contribution in [3.8, 4) is 0 Å². The van der Waals surface area contributed by atoms with Gasteiger partial charge in [0.1, 0.15) is 11.5 Å². The quantitative estimate of drug-likeness (QED) is 0.808. The molecule has 98 valence electrons. The predicted molar refractivity (Wildman–Crippen MR) is 67.7 cm³/mol. The van der Waals surface area contributed by atoms with E-state index in [1.165, 1.54) is 12.1 Å². The smallest absolute Gasteiger partial charge is 0.224 e. The van der Waals surface area contributed by atoms with Gasteiger partial charge in [-0.25, -0.2) is 4.39 Å². The molecule has 1 aromatic rings. The molecule has 0 aliphatic carbocycles. The Bertz CT molecular complexity index is 411. The molecular formula is C13H17FN2O2. The number of hydrogen-bond acceptors (Lipinski definition) is 3. The molecule has 1 unspecified atom stereocenters. The van der Waals surface area contributed by atoms with Crippen molar-refractivity contribution in [3.63, 3.8) is 0 Å². The first-order valence-corrected chi connectivity index (χ1v) is 6.12. The van der Waals surface area contributed by atoms with Crippen LogP contribution in [-0.2, 0) is 9.53 Å². The standard InChI is InChI=1S/C13H17FN2O2/c14-10-4-1-5-11(15)13(10)16-12(17)7-6-9-3-2-8-18-9/h1,4-5,9H,2-3,6-8,15H2,(H,16,17). The number of hydrogen-bond donors (Lipinski definition) is 2. The lowest BCUT2D eigenvalue weighted by Gasteiger charge is -2.11. The number of carbonyl (C=O) groups is 1. The van der Waals surface area contributed by atoms with E-state index in [1.54, 1.807) is 6.07 Å². The molecular weight excluding hydrogens is 235 g/mol. The molecule has 1 saturated heterocycles. The molecule has 1 aromatic carbocycles. The van der Waals surface area contributed by atoms with Crippen LogP contribution in [0.4, 0.5) is 15.8 Å². The van der Waals surface area contributed by atoms with Gasteiger partial charge in [0.25, 0.3) is 0 Å². The molecule has 0 spiro atoms. The van der Waals surface area contributed by atoms with Crippen molar-refractivity contribution in [2.24, 2.45) is 0 Å². The highest BCUT2D eigenvalue weighted by molar-refractivity contribution is 5.93. The molecule has 1 aliphatic heterocycles.